The summed E-state index contributed by atoms with van der Waals surface area (Å²) in [4.78, 5) is 31.0. The third-order valence-electron chi connectivity index (χ3n) is 4.98. The van der Waals surface area contributed by atoms with Gasteiger partial charge >= 0.3 is 5.97 Å². The SMILES string of the molecule is COC(=O)c1cccc(Nc2ccnc(C(=O)N3c4ccccc4CC3C)c2)c1. The summed E-state index contributed by atoms with van der Waals surface area (Å²) in [6, 6.07) is 18.5. The first-order valence-electron chi connectivity index (χ1n) is 9.40. The Morgan fingerprint density at radius 1 is 1.07 bits per heavy atom. The van der Waals surface area contributed by atoms with E-state index in [1.54, 1.807) is 41.4 Å². The van der Waals surface area contributed by atoms with E-state index in [4.69, 9.17) is 4.74 Å². The van der Waals surface area contributed by atoms with Crippen LogP contribution in [0, 0.1) is 0 Å². The van der Waals surface area contributed by atoms with Crippen LogP contribution < -0.4 is 10.2 Å². The summed E-state index contributed by atoms with van der Waals surface area (Å²) < 4.78 is 4.76. The molecule has 0 saturated carbocycles. The van der Waals surface area contributed by atoms with Crippen LogP contribution in [0.1, 0.15) is 33.3 Å². The molecular formula is C23H21N3O3. The summed E-state index contributed by atoms with van der Waals surface area (Å²) >= 11 is 0. The Morgan fingerprint density at radius 3 is 2.69 bits per heavy atom. The van der Waals surface area contributed by atoms with Gasteiger partial charge in [0.1, 0.15) is 5.69 Å². The quantitative estimate of drug-likeness (QED) is 0.679. The van der Waals surface area contributed by atoms with E-state index in [1.165, 1.54) is 12.7 Å². The molecule has 1 atom stereocenters. The normalized spacial score (nSPS) is 15.0. The Kier molecular flexibility index (Phi) is 4.99. The zero-order chi connectivity index (χ0) is 20.4. The summed E-state index contributed by atoms with van der Waals surface area (Å²) in [6.45, 7) is 2.04. The zero-order valence-corrected chi connectivity index (χ0v) is 16.3. The molecular weight excluding hydrogens is 366 g/mol. The number of fused-ring (bicyclic) bond motifs is 1. The van der Waals surface area contributed by atoms with Crippen LogP contribution in [0.3, 0.4) is 0 Å². The van der Waals surface area contributed by atoms with Gasteiger partial charge in [0.15, 0.2) is 0 Å². The number of carbonyl (C=O) groups excluding carboxylic acids is 2. The lowest BCUT2D eigenvalue weighted by Gasteiger charge is -2.22. The van der Waals surface area contributed by atoms with Crippen molar-refractivity contribution in [2.45, 2.75) is 19.4 Å². The van der Waals surface area contributed by atoms with Gasteiger partial charge in [0.2, 0.25) is 0 Å². The first-order chi connectivity index (χ1) is 14.1. The third kappa shape index (κ3) is 3.69. The highest BCUT2D eigenvalue weighted by atomic mass is 16.5. The highest BCUT2D eigenvalue weighted by molar-refractivity contribution is 6.07. The minimum absolute atomic E-state index is 0.0788. The number of ether oxygens (including phenoxy) is 1. The number of hydrogen-bond donors (Lipinski definition) is 1. The number of amides is 1. The van der Waals surface area contributed by atoms with Crippen molar-refractivity contribution in [2.75, 3.05) is 17.3 Å². The summed E-state index contributed by atoms with van der Waals surface area (Å²) in [5.74, 6) is -0.532. The van der Waals surface area contributed by atoms with Crippen LogP contribution in [-0.2, 0) is 11.2 Å². The van der Waals surface area contributed by atoms with E-state index in [9.17, 15) is 9.59 Å². The van der Waals surface area contributed by atoms with Crippen molar-refractivity contribution < 1.29 is 14.3 Å². The Labute approximate surface area is 169 Å². The van der Waals surface area contributed by atoms with Crippen LogP contribution in [-0.4, -0.2) is 30.0 Å². The van der Waals surface area contributed by atoms with E-state index >= 15 is 0 Å². The molecule has 0 radical (unpaired) electrons. The largest absolute Gasteiger partial charge is 0.465 e. The average molecular weight is 387 g/mol. The molecule has 146 valence electrons. The van der Waals surface area contributed by atoms with Gasteiger partial charge in [-0.15, -0.1) is 0 Å². The van der Waals surface area contributed by atoms with Gasteiger partial charge in [-0.1, -0.05) is 24.3 Å². The molecule has 1 amide bonds. The average Bonchev–Trinajstić information content (AvgIpc) is 3.08. The van der Waals surface area contributed by atoms with E-state index in [2.05, 4.69) is 16.4 Å². The summed E-state index contributed by atoms with van der Waals surface area (Å²) in [7, 11) is 1.35. The van der Waals surface area contributed by atoms with Crippen molar-refractivity contribution in [3.05, 3.63) is 83.7 Å². The molecule has 1 aromatic heterocycles. The molecule has 1 aliphatic heterocycles. The molecule has 2 aromatic carbocycles. The number of anilines is 3. The Balaban J connectivity index is 1.58. The van der Waals surface area contributed by atoms with Gasteiger partial charge in [-0.25, -0.2) is 4.79 Å². The molecule has 4 rings (SSSR count). The van der Waals surface area contributed by atoms with Crippen molar-refractivity contribution in [1.82, 2.24) is 4.98 Å². The number of aromatic nitrogens is 1. The molecule has 1 N–H and O–H groups in total. The lowest BCUT2D eigenvalue weighted by atomic mass is 10.1. The van der Waals surface area contributed by atoms with Crippen molar-refractivity contribution in [3.8, 4) is 0 Å². The number of nitrogens with zero attached hydrogens (tertiary/aromatic N) is 2. The molecule has 1 unspecified atom stereocenters. The van der Waals surface area contributed by atoms with Gasteiger partial charge in [-0.2, -0.15) is 0 Å². The highest BCUT2D eigenvalue weighted by Crippen LogP contribution is 2.33. The smallest absolute Gasteiger partial charge is 0.337 e. The maximum atomic E-state index is 13.2. The van der Waals surface area contributed by atoms with Crippen LogP contribution in [0.5, 0.6) is 0 Å². The predicted octanol–water partition coefficient (Wildman–Crippen LogP) is 4.20. The Morgan fingerprint density at radius 2 is 1.86 bits per heavy atom. The third-order valence-corrected chi connectivity index (χ3v) is 4.98. The van der Waals surface area contributed by atoms with Crippen LogP contribution >= 0.6 is 0 Å². The maximum absolute atomic E-state index is 13.2. The number of nitrogens with one attached hydrogen (secondary N) is 1. The first kappa shape index (κ1) is 18.7. The van der Waals surface area contributed by atoms with Gasteiger partial charge in [0.25, 0.3) is 5.91 Å². The van der Waals surface area contributed by atoms with Gasteiger partial charge in [-0.3, -0.25) is 9.78 Å². The number of methoxy groups -OCH3 is 1. The molecule has 2 heterocycles. The number of rotatable bonds is 4. The molecule has 29 heavy (non-hydrogen) atoms. The van der Waals surface area contributed by atoms with E-state index in [0.29, 0.717) is 16.9 Å². The number of carbonyl (C=O) groups is 2. The van der Waals surface area contributed by atoms with Crippen LogP contribution in [0.15, 0.2) is 66.9 Å². The molecule has 3 aromatic rings. The predicted molar refractivity (Wildman–Crippen MR) is 112 cm³/mol. The molecule has 0 spiro atoms. The van der Waals surface area contributed by atoms with Gasteiger partial charge < -0.3 is 15.0 Å². The fraction of sp³-hybridized carbons (Fsp3) is 0.174. The fourth-order valence-corrected chi connectivity index (χ4v) is 3.63. The summed E-state index contributed by atoms with van der Waals surface area (Å²) in [5.41, 5.74) is 4.36. The molecule has 6 heteroatoms. The van der Waals surface area contributed by atoms with Crippen LogP contribution in [0.2, 0.25) is 0 Å². The number of pyridine rings is 1. The summed E-state index contributed by atoms with van der Waals surface area (Å²) in [6.07, 6.45) is 2.44. The van der Waals surface area contributed by atoms with E-state index in [-0.39, 0.29) is 11.9 Å². The second-order valence-electron chi connectivity index (χ2n) is 6.98. The lowest BCUT2D eigenvalue weighted by Crippen LogP contribution is -2.36. The van der Waals surface area contributed by atoms with Crippen molar-refractivity contribution >= 4 is 28.9 Å². The number of para-hydroxylation sites is 1. The van der Waals surface area contributed by atoms with E-state index in [1.807, 2.05) is 31.2 Å². The fourth-order valence-electron chi connectivity index (χ4n) is 3.63. The van der Waals surface area contributed by atoms with Gasteiger partial charge in [0.05, 0.1) is 12.7 Å². The first-order valence-corrected chi connectivity index (χ1v) is 9.40. The zero-order valence-electron chi connectivity index (χ0n) is 16.3. The minimum atomic E-state index is -0.402. The van der Waals surface area contributed by atoms with Crippen molar-refractivity contribution in [1.29, 1.82) is 0 Å². The van der Waals surface area contributed by atoms with Crippen molar-refractivity contribution in [2.24, 2.45) is 0 Å². The molecule has 1 aliphatic rings. The maximum Gasteiger partial charge on any atom is 0.337 e. The Hall–Kier alpha value is -3.67. The number of esters is 1. The van der Waals surface area contributed by atoms with Gasteiger partial charge in [0, 0.05) is 29.3 Å². The standard InChI is InChI=1S/C23H21N3O3/c1-15-12-16-6-3-4-9-21(16)26(15)22(27)20-14-19(10-11-24-20)25-18-8-5-7-17(13-18)23(28)29-2/h3-11,13-15H,12H2,1-2H3,(H,24,25). The minimum Gasteiger partial charge on any atom is -0.465 e. The topological polar surface area (TPSA) is 71.5 Å². The van der Waals surface area contributed by atoms with E-state index in [0.717, 1.165) is 17.8 Å². The van der Waals surface area contributed by atoms with Crippen LogP contribution in [0.4, 0.5) is 17.1 Å². The molecule has 0 saturated heterocycles. The highest BCUT2D eigenvalue weighted by Gasteiger charge is 2.31. The van der Waals surface area contributed by atoms with Crippen LogP contribution in [0.25, 0.3) is 0 Å². The van der Waals surface area contributed by atoms with Crippen molar-refractivity contribution in [3.63, 3.8) is 0 Å². The molecule has 0 aliphatic carbocycles. The molecule has 0 bridgehead atoms. The van der Waals surface area contributed by atoms with Gasteiger partial charge in [-0.05, 0) is 55.3 Å². The lowest BCUT2D eigenvalue weighted by molar-refractivity contribution is 0.0600. The Bertz CT molecular complexity index is 1080. The molecule has 6 nitrogen and oxygen atoms in total. The molecule has 0 fully saturated rings. The second-order valence-corrected chi connectivity index (χ2v) is 6.98. The number of benzene rings is 2. The monoisotopic (exact) mass is 387 g/mol. The second kappa shape index (κ2) is 7.75. The van der Waals surface area contributed by atoms with E-state index < -0.39 is 5.97 Å². The number of hydrogen-bond acceptors (Lipinski definition) is 5. The summed E-state index contributed by atoms with van der Waals surface area (Å²) in [5, 5.41) is 3.22.